The molecule has 5 nitrogen and oxygen atoms in total. The average Bonchev–Trinajstić information content (AvgIpc) is 2.93. The smallest absolute Gasteiger partial charge is 0.264 e. The largest absolute Gasteiger partial charge is 0.383 e. The zero-order valence-electron chi connectivity index (χ0n) is 11.4. The van der Waals surface area contributed by atoms with Gasteiger partial charge in [-0.15, -0.1) is 0 Å². The number of piperidine rings is 1. The summed E-state index contributed by atoms with van der Waals surface area (Å²) in [5.74, 6) is 0. The Morgan fingerprint density at radius 2 is 2.00 bits per heavy atom. The highest BCUT2D eigenvalue weighted by molar-refractivity contribution is 5.62. The molecule has 2 aromatic rings. The Labute approximate surface area is 117 Å². The van der Waals surface area contributed by atoms with Gasteiger partial charge in [0.15, 0.2) is 0 Å². The number of anilines is 1. The predicted molar refractivity (Wildman–Crippen MR) is 81.0 cm³/mol. The van der Waals surface area contributed by atoms with E-state index < -0.39 is 0 Å². The maximum Gasteiger partial charge on any atom is 0.264 e. The molecule has 1 aromatic heterocycles. The van der Waals surface area contributed by atoms with Gasteiger partial charge in [-0.25, -0.2) is 0 Å². The molecule has 0 bridgehead atoms. The van der Waals surface area contributed by atoms with E-state index in [4.69, 9.17) is 0 Å². The van der Waals surface area contributed by atoms with Gasteiger partial charge in [0.1, 0.15) is 0 Å². The fourth-order valence-corrected chi connectivity index (χ4v) is 2.59. The van der Waals surface area contributed by atoms with Crippen molar-refractivity contribution in [3.05, 3.63) is 40.7 Å². The van der Waals surface area contributed by atoms with Crippen molar-refractivity contribution in [1.29, 1.82) is 0 Å². The van der Waals surface area contributed by atoms with Crippen LogP contribution in [0.25, 0.3) is 11.3 Å². The normalized spacial score (nSPS) is 18.9. The van der Waals surface area contributed by atoms with Gasteiger partial charge >= 0.3 is 0 Å². The van der Waals surface area contributed by atoms with Crippen LogP contribution in [0.4, 0.5) is 5.69 Å². The minimum Gasteiger partial charge on any atom is -0.383 e. The maximum absolute atomic E-state index is 11.1. The molecule has 0 saturated carbocycles. The third kappa shape index (κ3) is 3.11. The van der Waals surface area contributed by atoms with Crippen molar-refractivity contribution < 1.29 is 0 Å². The third-order valence-electron chi connectivity index (χ3n) is 3.76. The lowest BCUT2D eigenvalue weighted by molar-refractivity contribution is 0.414. The molecule has 0 aliphatic carbocycles. The van der Waals surface area contributed by atoms with Crippen molar-refractivity contribution in [2.24, 2.45) is 0 Å². The van der Waals surface area contributed by atoms with Crippen LogP contribution >= 0.6 is 0 Å². The van der Waals surface area contributed by atoms with Crippen LogP contribution in [0.3, 0.4) is 0 Å². The van der Waals surface area contributed by atoms with Gasteiger partial charge < -0.3 is 10.6 Å². The Balaban J connectivity index is 1.59. The number of benzene rings is 1. The molecule has 1 aliphatic rings. The highest BCUT2D eigenvalue weighted by Gasteiger charge is 2.11. The lowest BCUT2D eigenvalue weighted by Gasteiger charge is -2.24. The number of nitrogens with one attached hydrogen (secondary N) is 4. The van der Waals surface area contributed by atoms with E-state index >= 15 is 0 Å². The topological polar surface area (TPSA) is 72.7 Å². The van der Waals surface area contributed by atoms with Gasteiger partial charge in [0, 0.05) is 24.3 Å². The van der Waals surface area contributed by atoms with Gasteiger partial charge in [0.05, 0.1) is 5.69 Å². The minimum absolute atomic E-state index is 0.106. The second kappa shape index (κ2) is 5.96. The lowest BCUT2D eigenvalue weighted by Crippen LogP contribution is -2.39. The SMILES string of the molecule is O=c1cc(-c2ccc(NCC3CCCCN3)cc2)[nH][nH]1. The molecule has 1 fully saturated rings. The molecule has 0 spiro atoms. The maximum atomic E-state index is 11.1. The van der Waals surface area contributed by atoms with Gasteiger partial charge in [-0.3, -0.25) is 15.0 Å². The molecule has 1 aliphatic heterocycles. The molecular weight excluding hydrogens is 252 g/mol. The Hall–Kier alpha value is -2.01. The molecule has 0 amide bonds. The summed E-state index contributed by atoms with van der Waals surface area (Å²) in [7, 11) is 0. The van der Waals surface area contributed by atoms with E-state index in [1.807, 2.05) is 24.3 Å². The van der Waals surface area contributed by atoms with Gasteiger partial charge in [-0.2, -0.15) is 0 Å². The standard InChI is InChI=1S/C15H20N4O/c20-15-9-14(18-19-15)11-4-6-12(7-5-11)17-10-13-3-1-2-8-16-13/h4-7,9,13,16-17H,1-3,8,10H2,(H2,18,19,20). The van der Waals surface area contributed by atoms with Crippen LogP contribution in [0.2, 0.25) is 0 Å². The summed E-state index contributed by atoms with van der Waals surface area (Å²) in [6, 6.07) is 10.2. The Kier molecular flexibility index (Phi) is 3.87. The number of aromatic amines is 2. The van der Waals surface area contributed by atoms with Crippen LogP contribution in [-0.2, 0) is 0 Å². The van der Waals surface area contributed by atoms with Crippen LogP contribution in [0.1, 0.15) is 19.3 Å². The molecule has 4 N–H and O–H groups in total. The van der Waals surface area contributed by atoms with Crippen molar-refractivity contribution in [2.75, 3.05) is 18.4 Å². The molecule has 2 heterocycles. The molecule has 1 aromatic carbocycles. The van der Waals surface area contributed by atoms with Crippen molar-refractivity contribution in [2.45, 2.75) is 25.3 Å². The van der Waals surface area contributed by atoms with Crippen LogP contribution in [0, 0.1) is 0 Å². The second-order valence-electron chi connectivity index (χ2n) is 5.28. The first-order valence-corrected chi connectivity index (χ1v) is 7.17. The molecule has 106 valence electrons. The molecular formula is C15H20N4O. The van der Waals surface area contributed by atoms with E-state index in [1.165, 1.54) is 19.3 Å². The van der Waals surface area contributed by atoms with E-state index in [9.17, 15) is 4.79 Å². The second-order valence-corrected chi connectivity index (χ2v) is 5.28. The summed E-state index contributed by atoms with van der Waals surface area (Å²) in [5.41, 5.74) is 2.82. The summed E-state index contributed by atoms with van der Waals surface area (Å²) >= 11 is 0. The van der Waals surface area contributed by atoms with Gasteiger partial charge in [-0.1, -0.05) is 18.6 Å². The summed E-state index contributed by atoms with van der Waals surface area (Å²) in [5, 5.41) is 12.4. The molecule has 0 radical (unpaired) electrons. The predicted octanol–water partition coefficient (Wildman–Crippen LogP) is 1.92. The number of H-pyrrole nitrogens is 2. The van der Waals surface area contributed by atoms with Crippen LogP contribution in [0.5, 0.6) is 0 Å². The Morgan fingerprint density at radius 1 is 1.15 bits per heavy atom. The fourth-order valence-electron chi connectivity index (χ4n) is 2.59. The fraction of sp³-hybridized carbons (Fsp3) is 0.400. The first-order valence-electron chi connectivity index (χ1n) is 7.17. The average molecular weight is 272 g/mol. The van der Waals surface area contributed by atoms with E-state index in [1.54, 1.807) is 6.07 Å². The first kappa shape index (κ1) is 13.0. The number of rotatable bonds is 4. The van der Waals surface area contributed by atoms with E-state index in [0.29, 0.717) is 6.04 Å². The minimum atomic E-state index is -0.106. The first-order chi connectivity index (χ1) is 9.81. The van der Waals surface area contributed by atoms with Gasteiger partial charge in [-0.05, 0) is 37.1 Å². The highest BCUT2D eigenvalue weighted by atomic mass is 16.1. The summed E-state index contributed by atoms with van der Waals surface area (Å²) in [4.78, 5) is 11.1. The van der Waals surface area contributed by atoms with Crippen molar-refractivity contribution in [3.8, 4) is 11.3 Å². The van der Waals surface area contributed by atoms with Gasteiger partial charge in [0.25, 0.3) is 5.56 Å². The van der Waals surface area contributed by atoms with Crippen molar-refractivity contribution in [3.63, 3.8) is 0 Å². The van der Waals surface area contributed by atoms with Crippen molar-refractivity contribution in [1.82, 2.24) is 15.5 Å². The summed E-state index contributed by atoms with van der Waals surface area (Å²) in [6.45, 7) is 2.09. The van der Waals surface area contributed by atoms with Crippen molar-refractivity contribution >= 4 is 5.69 Å². The van der Waals surface area contributed by atoms with Crippen LogP contribution < -0.4 is 16.2 Å². The zero-order valence-corrected chi connectivity index (χ0v) is 11.4. The molecule has 5 heteroatoms. The van der Waals surface area contributed by atoms with Gasteiger partial charge in [0.2, 0.25) is 0 Å². The van der Waals surface area contributed by atoms with Crippen LogP contribution in [0.15, 0.2) is 35.1 Å². The molecule has 20 heavy (non-hydrogen) atoms. The summed E-state index contributed by atoms with van der Waals surface area (Å²) in [6.07, 6.45) is 3.86. The molecule has 1 saturated heterocycles. The van der Waals surface area contributed by atoms with E-state index in [0.717, 1.165) is 30.0 Å². The number of aromatic nitrogens is 2. The highest BCUT2D eigenvalue weighted by Crippen LogP contribution is 2.18. The number of hydrogen-bond acceptors (Lipinski definition) is 3. The molecule has 3 rings (SSSR count). The molecule has 1 unspecified atom stereocenters. The lowest BCUT2D eigenvalue weighted by atomic mass is 10.0. The van der Waals surface area contributed by atoms with Crippen LogP contribution in [-0.4, -0.2) is 29.3 Å². The monoisotopic (exact) mass is 272 g/mol. The van der Waals surface area contributed by atoms with E-state index in [2.05, 4.69) is 20.8 Å². The molecule has 1 atom stereocenters. The third-order valence-corrected chi connectivity index (χ3v) is 3.76. The zero-order chi connectivity index (χ0) is 13.8. The summed E-state index contributed by atoms with van der Waals surface area (Å²) < 4.78 is 0. The Morgan fingerprint density at radius 3 is 2.65 bits per heavy atom. The van der Waals surface area contributed by atoms with E-state index in [-0.39, 0.29) is 5.56 Å². The number of hydrogen-bond donors (Lipinski definition) is 4. The quantitative estimate of drug-likeness (QED) is 0.687. The Bertz CT molecular complexity index is 593.